The maximum atomic E-state index is 5.60. The predicted molar refractivity (Wildman–Crippen MR) is 53.5 cm³/mol. The molecule has 1 heterocycles. The first-order valence-electron chi connectivity index (χ1n) is 4.44. The highest BCUT2D eigenvalue weighted by atomic mass is 35.5. The Morgan fingerprint density at radius 1 is 1.75 bits per heavy atom. The number of hydrogen-bond acceptors (Lipinski definition) is 2. The van der Waals surface area contributed by atoms with E-state index >= 15 is 0 Å². The van der Waals surface area contributed by atoms with Crippen molar-refractivity contribution in [2.24, 2.45) is 0 Å². The van der Waals surface area contributed by atoms with Gasteiger partial charge in [0.15, 0.2) is 0 Å². The molecule has 0 aromatic carbocycles. The normalized spacial score (nSPS) is 27.6. The van der Waals surface area contributed by atoms with E-state index in [0.29, 0.717) is 6.04 Å². The first kappa shape index (κ1) is 10.0. The Morgan fingerprint density at radius 2 is 2.50 bits per heavy atom. The number of nitrogens with zero attached hydrogens (tertiary/aromatic N) is 1. The predicted octanol–water partition coefficient (Wildman–Crippen LogP) is 1.42. The largest absolute Gasteiger partial charge is 0.312 e. The third-order valence-electron chi connectivity index (χ3n) is 2.11. The molecule has 0 aromatic heterocycles. The Hall–Kier alpha value is -0.0500. The summed E-state index contributed by atoms with van der Waals surface area (Å²) < 4.78 is 0. The molecule has 0 saturated carbocycles. The Kier molecular flexibility index (Phi) is 4.06. The summed E-state index contributed by atoms with van der Waals surface area (Å²) in [7, 11) is 0. The van der Waals surface area contributed by atoms with Gasteiger partial charge in [0.05, 0.1) is 0 Å². The minimum atomic E-state index is 0.613. The Balaban J connectivity index is 2.32. The monoisotopic (exact) mass is 188 g/mol. The summed E-state index contributed by atoms with van der Waals surface area (Å²) in [5, 5.41) is 3.41. The van der Waals surface area contributed by atoms with Crippen molar-refractivity contribution in [2.45, 2.75) is 19.9 Å². The zero-order valence-electron chi connectivity index (χ0n) is 7.81. The van der Waals surface area contributed by atoms with E-state index < -0.39 is 0 Å². The van der Waals surface area contributed by atoms with Crippen molar-refractivity contribution in [2.75, 3.05) is 26.2 Å². The summed E-state index contributed by atoms with van der Waals surface area (Å²) in [6, 6.07) is 0.613. The van der Waals surface area contributed by atoms with Gasteiger partial charge in [-0.1, -0.05) is 11.6 Å². The lowest BCUT2D eigenvalue weighted by molar-refractivity contribution is 0.222. The van der Waals surface area contributed by atoms with Crippen LogP contribution in [0.25, 0.3) is 0 Å². The van der Waals surface area contributed by atoms with Crippen LogP contribution >= 0.6 is 11.6 Å². The van der Waals surface area contributed by atoms with Gasteiger partial charge in [-0.3, -0.25) is 4.90 Å². The SMILES string of the molecule is CC(=CCl)CN1CCNC(C)C1. The third kappa shape index (κ3) is 3.13. The molecule has 0 spiro atoms. The number of rotatable bonds is 2. The molecule has 0 amide bonds. The van der Waals surface area contributed by atoms with Crippen LogP contribution in [0, 0.1) is 0 Å². The van der Waals surface area contributed by atoms with E-state index in [4.69, 9.17) is 11.6 Å². The smallest absolute Gasteiger partial charge is 0.0203 e. The van der Waals surface area contributed by atoms with E-state index in [1.807, 2.05) is 0 Å². The van der Waals surface area contributed by atoms with Crippen LogP contribution in [0.1, 0.15) is 13.8 Å². The molecule has 0 bridgehead atoms. The fourth-order valence-corrected chi connectivity index (χ4v) is 1.61. The molecule has 1 saturated heterocycles. The molecule has 12 heavy (non-hydrogen) atoms. The van der Waals surface area contributed by atoms with Crippen LogP contribution in [0.4, 0.5) is 0 Å². The van der Waals surface area contributed by atoms with Crippen LogP contribution in [-0.2, 0) is 0 Å². The van der Waals surface area contributed by atoms with E-state index in [2.05, 4.69) is 24.1 Å². The molecular weight excluding hydrogens is 172 g/mol. The van der Waals surface area contributed by atoms with Crippen molar-refractivity contribution < 1.29 is 0 Å². The maximum absolute atomic E-state index is 5.60. The van der Waals surface area contributed by atoms with Crippen molar-refractivity contribution in [3.05, 3.63) is 11.1 Å². The minimum absolute atomic E-state index is 0.613. The van der Waals surface area contributed by atoms with Crippen molar-refractivity contribution in [3.8, 4) is 0 Å². The molecule has 1 rings (SSSR count). The van der Waals surface area contributed by atoms with Crippen molar-refractivity contribution >= 4 is 11.6 Å². The Morgan fingerprint density at radius 3 is 3.08 bits per heavy atom. The fraction of sp³-hybridized carbons (Fsp3) is 0.778. The fourth-order valence-electron chi connectivity index (χ4n) is 1.54. The van der Waals surface area contributed by atoms with Crippen molar-refractivity contribution in [1.82, 2.24) is 10.2 Å². The van der Waals surface area contributed by atoms with Gasteiger partial charge in [-0.15, -0.1) is 0 Å². The average Bonchev–Trinajstić information content (AvgIpc) is 2.04. The highest BCUT2D eigenvalue weighted by molar-refractivity contribution is 6.25. The van der Waals surface area contributed by atoms with E-state index in [9.17, 15) is 0 Å². The van der Waals surface area contributed by atoms with Crippen LogP contribution in [0.3, 0.4) is 0 Å². The second-order valence-corrected chi connectivity index (χ2v) is 3.76. The first-order chi connectivity index (χ1) is 5.72. The second kappa shape index (κ2) is 4.85. The van der Waals surface area contributed by atoms with Gasteiger partial charge in [-0.2, -0.15) is 0 Å². The molecule has 1 aliphatic rings. The number of piperazine rings is 1. The molecule has 1 aliphatic heterocycles. The molecular formula is C9H17ClN2. The van der Waals surface area contributed by atoms with E-state index in [-0.39, 0.29) is 0 Å². The maximum Gasteiger partial charge on any atom is 0.0203 e. The molecule has 1 N–H and O–H groups in total. The summed E-state index contributed by atoms with van der Waals surface area (Å²) in [4.78, 5) is 2.43. The standard InChI is InChI=1S/C9H17ClN2/c1-8(5-10)6-12-4-3-11-9(2)7-12/h5,9,11H,3-4,6-7H2,1-2H3. The van der Waals surface area contributed by atoms with Gasteiger partial charge in [-0.25, -0.2) is 0 Å². The molecule has 0 aromatic rings. The van der Waals surface area contributed by atoms with Crippen LogP contribution in [0.5, 0.6) is 0 Å². The van der Waals surface area contributed by atoms with E-state index in [1.54, 1.807) is 5.54 Å². The zero-order valence-corrected chi connectivity index (χ0v) is 8.56. The number of hydrogen-bond donors (Lipinski definition) is 1. The van der Waals surface area contributed by atoms with Crippen LogP contribution in [0.2, 0.25) is 0 Å². The highest BCUT2D eigenvalue weighted by Crippen LogP contribution is 2.03. The Labute approximate surface area is 79.6 Å². The van der Waals surface area contributed by atoms with Gasteiger partial charge >= 0.3 is 0 Å². The second-order valence-electron chi connectivity index (χ2n) is 3.55. The van der Waals surface area contributed by atoms with Crippen LogP contribution < -0.4 is 5.32 Å². The lowest BCUT2D eigenvalue weighted by Crippen LogP contribution is -2.49. The molecule has 1 unspecified atom stereocenters. The van der Waals surface area contributed by atoms with Gasteiger partial charge in [0.1, 0.15) is 0 Å². The number of halogens is 1. The average molecular weight is 189 g/mol. The van der Waals surface area contributed by atoms with Gasteiger partial charge in [0.2, 0.25) is 0 Å². The van der Waals surface area contributed by atoms with Crippen LogP contribution in [-0.4, -0.2) is 37.1 Å². The first-order valence-corrected chi connectivity index (χ1v) is 4.87. The Bertz CT molecular complexity index is 168. The molecule has 3 heteroatoms. The number of nitrogens with one attached hydrogen (secondary N) is 1. The molecule has 1 atom stereocenters. The van der Waals surface area contributed by atoms with Crippen molar-refractivity contribution in [1.29, 1.82) is 0 Å². The summed E-state index contributed by atoms with van der Waals surface area (Å²) in [5.41, 5.74) is 2.91. The minimum Gasteiger partial charge on any atom is -0.312 e. The molecule has 2 nitrogen and oxygen atoms in total. The van der Waals surface area contributed by atoms with Gasteiger partial charge in [0.25, 0.3) is 0 Å². The summed E-state index contributed by atoms with van der Waals surface area (Å²) in [5.74, 6) is 0. The molecule has 1 fully saturated rings. The third-order valence-corrected chi connectivity index (χ3v) is 2.48. The summed E-state index contributed by atoms with van der Waals surface area (Å²) in [6.07, 6.45) is 0. The molecule has 0 radical (unpaired) electrons. The lowest BCUT2D eigenvalue weighted by atomic mass is 10.2. The summed E-state index contributed by atoms with van der Waals surface area (Å²) in [6.45, 7) is 8.65. The van der Waals surface area contributed by atoms with E-state index in [1.165, 1.54) is 5.57 Å². The van der Waals surface area contributed by atoms with Crippen molar-refractivity contribution in [3.63, 3.8) is 0 Å². The van der Waals surface area contributed by atoms with E-state index in [0.717, 1.165) is 26.2 Å². The quantitative estimate of drug-likeness (QED) is 0.706. The summed E-state index contributed by atoms with van der Waals surface area (Å²) >= 11 is 5.60. The topological polar surface area (TPSA) is 15.3 Å². The van der Waals surface area contributed by atoms with Gasteiger partial charge < -0.3 is 5.32 Å². The van der Waals surface area contributed by atoms with Crippen LogP contribution in [0.15, 0.2) is 11.1 Å². The zero-order chi connectivity index (χ0) is 8.97. The lowest BCUT2D eigenvalue weighted by Gasteiger charge is -2.31. The van der Waals surface area contributed by atoms with Gasteiger partial charge in [0, 0.05) is 37.8 Å². The highest BCUT2D eigenvalue weighted by Gasteiger charge is 2.14. The van der Waals surface area contributed by atoms with Gasteiger partial charge in [-0.05, 0) is 19.4 Å². The molecule has 0 aliphatic carbocycles. The molecule has 70 valence electrons.